The number of furan rings is 1. The van der Waals surface area contributed by atoms with E-state index in [-0.39, 0.29) is 24.0 Å². The maximum Gasteiger partial charge on any atom is 0.226 e. The van der Waals surface area contributed by atoms with Crippen molar-refractivity contribution in [1.82, 2.24) is 20.5 Å². The van der Waals surface area contributed by atoms with Crippen molar-refractivity contribution in [2.45, 2.75) is 38.0 Å². The van der Waals surface area contributed by atoms with Crippen molar-refractivity contribution >= 4 is 5.91 Å². The predicted molar refractivity (Wildman–Crippen MR) is 71.9 cm³/mol. The highest BCUT2D eigenvalue weighted by atomic mass is 16.5. The minimum atomic E-state index is -0.0174. The van der Waals surface area contributed by atoms with E-state index in [9.17, 15) is 4.79 Å². The zero-order valence-corrected chi connectivity index (χ0v) is 11.4. The number of hydrogen-bond acceptors (Lipinski definition) is 5. The molecule has 7 nitrogen and oxygen atoms in total. The number of aromatic nitrogens is 3. The molecule has 110 valence electrons. The van der Waals surface area contributed by atoms with Crippen LogP contribution in [-0.2, 0) is 16.1 Å². The Hall–Kier alpha value is -2.15. The van der Waals surface area contributed by atoms with E-state index in [1.807, 2.05) is 0 Å². The molecule has 3 atom stereocenters. The monoisotopic (exact) mass is 288 g/mol. The molecule has 7 heteroatoms. The van der Waals surface area contributed by atoms with Crippen LogP contribution in [0.15, 0.2) is 22.8 Å². The van der Waals surface area contributed by atoms with Crippen molar-refractivity contribution in [3.8, 4) is 11.6 Å². The van der Waals surface area contributed by atoms with Crippen LogP contribution in [0.2, 0.25) is 0 Å². The van der Waals surface area contributed by atoms with Crippen molar-refractivity contribution < 1.29 is 13.9 Å². The first kappa shape index (κ1) is 12.6. The Morgan fingerprint density at radius 2 is 2.43 bits per heavy atom. The molecule has 0 spiro atoms. The summed E-state index contributed by atoms with van der Waals surface area (Å²) in [5.74, 6) is 1.73. The first-order valence-electron chi connectivity index (χ1n) is 7.18. The van der Waals surface area contributed by atoms with Gasteiger partial charge in [-0.25, -0.2) is 4.98 Å². The molecule has 2 N–H and O–H groups in total. The molecule has 4 heterocycles. The van der Waals surface area contributed by atoms with Gasteiger partial charge in [-0.1, -0.05) is 0 Å². The van der Waals surface area contributed by atoms with E-state index in [2.05, 4.69) is 20.5 Å². The van der Waals surface area contributed by atoms with Crippen LogP contribution in [0.25, 0.3) is 11.6 Å². The molecule has 2 aromatic heterocycles. The average Bonchev–Trinajstić information content (AvgIpc) is 3.28. The van der Waals surface area contributed by atoms with Crippen LogP contribution < -0.4 is 5.32 Å². The Bertz CT molecular complexity index is 636. The maximum atomic E-state index is 12.2. The second kappa shape index (κ2) is 5.00. The van der Waals surface area contributed by atoms with Crippen molar-refractivity contribution in [2.75, 3.05) is 0 Å². The third kappa shape index (κ3) is 2.33. The summed E-state index contributed by atoms with van der Waals surface area (Å²) in [5.41, 5.74) is 0. The molecule has 0 radical (unpaired) electrons. The molecule has 21 heavy (non-hydrogen) atoms. The number of amides is 1. The Labute approximate surface area is 121 Å². The summed E-state index contributed by atoms with van der Waals surface area (Å²) in [5, 5.41) is 9.77. The van der Waals surface area contributed by atoms with E-state index in [1.54, 1.807) is 18.4 Å². The minimum Gasteiger partial charge on any atom is -0.461 e. The number of ether oxygens (including phenoxy) is 1. The first-order chi connectivity index (χ1) is 10.3. The molecular weight excluding hydrogens is 272 g/mol. The number of fused-ring (bicyclic) bond motifs is 2. The summed E-state index contributed by atoms with van der Waals surface area (Å²) in [6.45, 7) is 0.334. The largest absolute Gasteiger partial charge is 0.461 e. The number of nitrogens with one attached hydrogen (secondary N) is 2. The minimum absolute atomic E-state index is 0.0174. The van der Waals surface area contributed by atoms with Crippen LogP contribution in [0, 0.1) is 5.92 Å². The molecule has 0 aromatic carbocycles. The lowest BCUT2D eigenvalue weighted by molar-refractivity contribution is -0.126. The number of hydrogen-bond donors (Lipinski definition) is 2. The molecule has 0 saturated carbocycles. The van der Waals surface area contributed by atoms with Gasteiger partial charge in [0.25, 0.3) is 0 Å². The van der Waals surface area contributed by atoms with Gasteiger partial charge < -0.3 is 14.5 Å². The van der Waals surface area contributed by atoms with Gasteiger partial charge in [0, 0.05) is 0 Å². The van der Waals surface area contributed by atoms with E-state index < -0.39 is 0 Å². The smallest absolute Gasteiger partial charge is 0.226 e. The SMILES string of the molecule is O=C(NCc1nc(-c2ccco2)n[nH]1)[C@@H]1C[C@@H]2CC[C@H]1O2. The Morgan fingerprint density at radius 3 is 3.14 bits per heavy atom. The number of carbonyl (C=O) groups excluding carboxylic acids is 1. The Balaban J connectivity index is 1.35. The van der Waals surface area contributed by atoms with Crippen molar-refractivity contribution in [2.24, 2.45) is 5.92 Å². The zero-order valence-electron chi connectivity index (χ0n) is 11.4. The first-order valence-corrected chi connectivity index (χ1v) is 7.18. The van der Waals surface area contributed by atoms with Crippen LogP contribution in [0.5, 0.6) is 0 Å². The standard InChI is InChI=1S/C14H16N4O3/c19-14(9-6-8-3-4-10(9)21-8)15-7-12-16-13(18-17-12)11-2-1-5-20-11/h1-2,5,8-10H,3-4,6-7H2,(H,15,19)(H,16,17,18)/t8-,9+,10+/m0/s1. The molecular formula is C14H16N4O3. The lowest BCUT2D eigenvalue weighted by Crippen LogP contribution is -2.35. The van der Waals surface area contributed by atoms with Gasteiger partial charge in [0.05, 0.1) is 30.9 Å². The zero-order chi connectivity index (χ0) is 14.2. The van der Waals surface area contributed by atoms with Gasteiger partial charge in [-0.3, -0.25) is 9.89 Å². The van der Waals surface area contributed by atoms with Crippen LogP contribution >= 0.6 is 0 Å². The Kier molecular flexibility index (Phi) is 2.99. The van der Waals surface area contributed by atoms with Crippen molar-refractivity contribution in [3.05, 3.63) is 24.2 Å². The fourth-order valence-corrected chi connectivity index (χ4v) is 3.11. The second-order valence-electron chi connectivity index (χ2n) is 5.52. The summed E-state index contributed by atoms with van der Waals surface area (Å²) in [4.78, 5) is 16.5. The highest BCUT2D eigenvalue weighted by Crippen LogP contribution is 2.38. The molecule has 0 aliphatic carbocycles. The predicted octanol–water partition coefficient (Wildman–Crippen LogP) is 1.25. The topological polar surface area (TPSA) is 93.0 Å². The number of aromatic amines is 1. The fourth-order valence-electron chi connectivity index (χ4n) is 3.11. The third-order valence-electron chi connectivity index (χ3n) is 4.15. The lowest BCUT2D eigenvalue weighted by atomic mass is 9.88. The molecule has 0 unspecified atom stereocenters. The summed E-state index contributed by atoms with van der Waals surface area (Å²) in [7, 11) is 0. The molecule has 1 amide bonds. The summed E-state index contributed by atoms with van der Waals surface area (Å²) in [6.07, 6.45) is 4.87. The van der Waals surface area contributed by atoms with Gasteiger partial charge in [-0.15, -0.1) is 5.10 Å². The van der Waals surface area contributed by atoms with Gasteiger partial charge >= 0.3 is 0 Å². The van der Waals surface area contributed by atoms with Gasteiger partial charge in [0.2, 0.25) is 11.7 Å². The maximum absolute atomic E-state index is 12.2. The van der Waals surface area contributed by atoms with Crippen molar-refractivity contribution in [3.63, 3.8) is 0 Å². The number of H-pyrrole nitrogens is 1. The molecule has 2 aliphatic heterocycles. The summed E-state index contributed by atoms with van der Waals surface area (Å²) < 4.78 is 10.9. The van der Waals surface area contributed by atoms with Crippen LogP contribution in [0.1, 0.15) is 25.1 Å². The lowest BCUT2D eigenvalue weighted by Gasteiger charge is -2.17. The number of nitrogens with zero attached hydrogens (tertiary/aromatic N) is 2. The summed E-state index contributed by atoms with van der Waals surface area (Å²) >= 11 is 0. The van der Waals surface area contributed by atoms with Crippen LogP contribution in [0.3, 0.4) is 0 Å². The number of carbonyl (C=O) groups is 1. The highest BCUT2D eigenvalue weighted by molar-refractivity contribution is 5.79. The quantitative estimate of drug-likeness (QED) is 0.883. The van der Waals surface area contributed by atoms with Crippen LogP contribution in [-0.4, -0.2) is 33.3 Å². The normalized spacial score (nSPS) is 27.1. The molecule has 2 bridgehead atoms. The van der Waals surface area contributed by atoms with Crippen molar-refractivity contribution in [1.29, 1.82) is 0 Å². The van der Waals surface area contributed by atoms with Gasteiger partial charge in [-0.05, 0) is 31.4 Å². The third-order valence-corrected chi connectivity index (χ3v) is 4.15. The molecule has 4 rings (SSSR count). The highest BCUT2D eigenvalue weighted by Gasteiger charge is 2.44. The fraction of sp³-hybridized carbons (Fsp3) is 0.500. The average molecular weight is 288 g/mol. The number of rotatable bonds is 4. The van der Waals surface area contributed by atoms with E-state index in [0.717, 1.165) is 19.3 Å². The van der Waals surface area contributed by atoms with E-state index >= 15 is 0 Å². The van der Waals surface area contributed by atoms with E-state index in [1.165, 1.54) is 0 Å². The van der Waals surface area contributed by atoms with Gasteiger partial charge in [0.1, 0.15) is 5.82 Å². The molecule has 2 saturated heterocycles. The van der Waals surface area contributed by atoms with E-state index in [0.29, 0.717) is 24.0 Å². The van der Waals surface area contributed by atoms with Gasteiger partial charge in [-0.2, -0.15) is 0 Å². The molecule has 2 aliphatic rings. The molecule has 2 fully saturated rings. The van der Waals surface area contributed by atoms with Crippen LogP contribution in [0.4, 0.5) is 0 Å². The Morgan fingerprint density at radius 1 is 1.48 bits per heavy atom. The van der Waals surface area contributed by atoms with Gasteiger partial charge in [0.15, 0.2) is 5.76 Å². The van der Waals surface area contributed by atoms with E-state index in [4.69, 9.17) is 9.15 Å². The summed E-state index contributed by atoms with van der Waals surface area (Å²) in [6, 6.07) is 3.57. The second-order valence-corrected chi connectivity index (χ2v) is 5.52. The molecule has 2 aromatic rings.